The highest BCUT2D eigenvalue weighted by Gasteiger charge is 2.20. The maximum Gasteiger partial charge on any atom is 0.120 e. The van der Waals surface area contributed by atoms with Crippen LogP contribution < -0.4 is 4.74 Å². The molecule has 1 fully saturated rings. The smallest absolute Gasteiger partial charge is 0.120 e. The Morgan fingerprint density at radius 2 is 2.12 bits per heavy atom. The minimum Gasteiger partial charge on any atom is -0.489 e. The zero-order valence-electron chi connectivity index (χ0n) is 11.6. The molecule has 0 N–H and O–H groups in total. The normalized spacial score (nSPS) is 19.6. The molecule has 1 unspecified atom stereocenters. The first-order valence-electron chi connectivity index (χ1n) is 6.72. The average molecular weight is 235 g/mol. The highest BCUT2D eigenvalue weighted by Crippen LogP contribution is 2.19. The van der Waals surface area contributed by atoms with Gasteiger partial charge in [0.1, 0.15) is 11.9 Å². The summed E-state index contributed by atoms with van der Waals surface area (Å²) in [5.41, 5.74) is 1.35. The van der Waals surface area contributed by atoms with Gasteiger partial charge in [-0.25, -0.2) is 0 Å². The third kappa shape index (κ3) is 4.39. The van der Waals surface area contributed by atoms with Crippen LogP contribution in [0.5, 0.6) is 5.75 Å². The van der Waals surface area contributed by atoms with E-state index >= 15 is 0 Å². The summed E-state index contributed by atoms with van der Waals surface area (Å²) in [5, 5.41) is 0. The van der Waals surface area contributed by atoms with Gasteiger partial charge in [-0.2, -0.15) is 0 Å². The van der Waals surface area contributed by atoms with Crippen LogP contribution in [0.4, 0.5) is 0 Å². The summed E-state index contributed by atoms with van der Waals surface area (Å²) < 4.78 is 5.95. The molecular weight excluding hydrogens is 210 g/mol. The van der Waals surface area contributed by atoms with Crippen LogP contribution in [0.25, 0.3) is 0 Å². The Balaban J connectivity index is 0.000000686. The van der Waals surface area contributed by atoms with E-state index < -0.39 is 0 Å². The number of hydrogen-bond donors (Lipinski definition) is 0. The Hall–Kier alpha value is -1.02. The zero-order chi connectivity index (χ0) is 12.7. The molecule has 1 aromatic carbocycles. The van der Waals surface area contributed by atoms with E-state index in [0.29, 0.717) is 6.10 Å². The number of ether oxygens (including phenoxy) is 1. The topological polar surface area (TPSA) is 12.5 Å². The number of benzene rings is 1. The van der Waals surface area contributed by atoms with Crippen LogP contribution in [0.3, 0.4) is 0 Å². The van der Waals surface area contributed by atoms with Gasteiger partial charge in [-0.1, -0.05) is 32.9 Å². The molecule has 2 rings (SSSR count). The molecule has 96 valence electrons. The number of likely N-dealkylation sites (tertiary alicyclic amines) is 1. The molecule has 1 aliphatic rings. The Bertz CT molecular complexity index is 324. The van der Waals surface area contributed by atoms with Gasteiger partial charge >= 0.3 is 0 Å². The highest BCUT2D eigenvalue weighted by molar-refractivity contribution is 5.28. The number of aryl methyl sites for hydroxylation is 1. The fraction of sp³-hybridized carbons (Fsp3) is 0.600. The zero-order valence-corrected chi connectivity index (χ0v) is 11.6. The Morgan fingerprint density at radius 3 is 2.71 bits per heavy atom. The lowest BCUT2D eigenvalue weighted by molar-refractivity contribution is 0.208. The maximum atomic E-state index is 5.95. The van der Waals surface area contributed by atoms with E-state index in [2.05, 4.69) is 43.1 Å². The molecule has 0 bridgehead atoms. The van der Waals surface area contributed by atoms with Gasteiger partial charge in [0, 0.05) is 13.1 Å². The van der Waals surface area contributed by atoms with Crippen LogP contribution in [-0.2, 0) is 6.42 Å². The first-order valence-corrected chi connectivity index (χ1v) is 6.72. The SMILES string of the molecule is CC.CCc1cccc(OC2CCN(C)C2)c1. The van der Waals surface area contributed by atoms with Crippen molar-refractivity contribution in [2.24, 2.45) is 0 Å². The van der Waals surface area contributed by atoms with Gasteiger partial charge in [-0.05, 0) is 37.6 Å². The maximum absolute atomic E-state index is 5.95. The minimum absolute atomic E-state index is 0.377. The number of hydrogen-bond acceptors (Lipinski definition) is 2. The van der Waals surface area contributed by atoms with Crippen molar-refractivity contribution in [2.75, 3.05) is 20.1 Å². The summed E-state index contributed by atoms with van der Waals surface area (Å²) in [5.74, 6) is 1.02. The second-order valence-corrected chi connectivity index (χ2v) is 4.29. The standard InChI is InChI=1S/C13H19NO.C2H6/c1-3-11-5-4-6-12(9-11)15-13-7-8-14(2)10-13;1-2/h4-6,9,13H,3,7-8,10H2,1-2H3;1-2H3. The summed E-state index contributed by atoms with van der Waals surface area (Å²) in [4.78, 5) is 2.31. The van der Waals surface area contributed by atoms with Crippen molar-refractivity contribution in [3.8, 4) is 5.75 Å². The predicted octanol–water partition coefficient (Wildman–Crippen LogP) is 3.36. The molecule has 1 saturated heterocycles. The molecule has 1 aliphatic heterocycles. The van der Waals surface area contributed by atoms with Crippen molar-refractivity contribution in [1.29, 1.82) is 0 Å². The summed E-state index contributed by atoms with van der Waals surface area (Å²) in [6.45, 7) is 8.37. The van der Waals surface area contributed by atoms with Crippen molar-refractivity contribution in [3.05, 3.63) is 29.8 Å². The third-order valence-corrected chi connectivity index (χ3v) is 2.96. The molecule has 0 aliphatic carbocycles. The number of rotatable bonds is 3. The summed E-state index contributed by atoms with van der Waals surface area (Å²) in [6, 6.07) is 8.43. The van der Waals surface area contributed by atoms with Gasteiger partial charge in [0.15, 0.2) is 0 Å². The van der Waals surface area contributed by atoms with Crippen LogP contribution in [-0.4, -0.2) is 31.1 Å². The molecule has 0 amide bonds. The van der Waals surface area contributed by atoms with Gasteiger partial charge in [-0.3, -0.25) is 0 Å². The second-order valence-electron chi connectivity index (χ2n) is 4.29. The lowest BCUT2D eigenvalue weighted by Gasteiger charge is -2.14. The second kappa shape index (κ2) is 7.33. The van der Waals surface area contributed by atoms with Crippen molar-refractivity contribution in [2.45, 2.75) is 39.7 Å². The summed E-state index contributed by atoms with van der Waals surface area (Å²) in [6.07, 6.45) is 2.59. The third-order valence-electron chi connectivity index (χ3n) is 2.96. The van der Waals surface area contributed by atoms with E-state index in [0.717, 1.165) is 31.7 Å². The van der Waals surface area contributed by atoms with Gasteiger partial charge in [0.05, 0.1) is 0 Å². The van der Waals surface area contributed by atoms with Crippen molar-refractivity contribution < 1.29 is 4.74 Å². The predicted molar refractivity (Wildman–Crippen MR) is 73.7 cm³/mol. The van der Waals surface area contributed by atoms with Crippen LogP contribution in [0, 0.1) is 0 Å². The van der Waals surface area contributed by atoms with Gasteiger partial charge < -0.3 is 9.64 Å². The monoisotopic (exact) mass is 235 g/mol. The minimum atomic E-state index is 0.377. The molecule has 17 heavy (non-hydrogen) atoms. The van der Waals surface area contributed by atoms with Crippen LogP contribution >= 0.6 is 0 Å². The van der Waals surface area contributed by atoms with Gasteiger partial charge in [0.25, 0.3) is 0 Å². The molecule has 0 aromatic heterocycles. The van der Waals surface area contributed by atoms with Crippen molar-refractivity contribution in [1.82, 2.24) is 4.90 Å². The largest absolute Gasteiger partial charge is 0.489 e. The van der Waals surface area contributed by atoms with Crippen LogP contribution in [0.1, 0.15) is 32.8 Å². The molecule has 0 radical (unpaired) electrons. The average Bonchev–Trinajstić information content (AvgIpc) is 2.77. The van der Waals surface area contributed by atoms with E-state index in [1.807, 2.05) is 13.8 Å². The fourth-order valence-electron chi connectivity index (χ4n) is 2.02. The lowest BCUT2D eigenvalue weighted by Crippen LogP contribution is -2.21. The van der Waals surface area contributed by atoms with Crippen LogP contribution in [0.15, 0.2) is 24.3 Å². The van der Waals surface area contributed by atoms with Gasteiger partial charge in [0.2, 0.25) is 0 Å². The molecule has 2 heteroatoms. The molecule has 2 nitrogen and oxygen atoms in total. The van der Waals surface area contributed by atoms with Crippen molar-refractivity contribution in [3.63, 3.8) is 0 Å². The lowest BCUT2D eigenvalue weighted by atomic mass is 10.1. The van der Waals surface area contributed by atoms with Crippen LogP contribution in [0.2, 0.25) is 0 Å². The Morgan fingerprint density at radius 1 is 1.35 bits per heavy atom. The highest BCUT2D eigenvalue weighted by atomic mass is 16.5. The number of nitrogens with zero attached hydrogens (tertiary/aromatic N) is 1. The summed E-state index contributed by atoms with van der Waals surface area (Å²) in [7, 11) is 2.14. The van der Waals surface area contributed by atoms with Crippen molar-refractivity contribution >= 4 is 0 Å². The van der Waals surface area contributed by atoms with E-state index in [1.165, 1.54) is 5.56 Å². The van der Waals surface area contributed by atoms with E-state index in [1.54, 1.807) is 0 Å². The molecule has 1 heterocycles. The molecule has 1 atom stereocenters. The quantitative estimate of drug-likeness (QED) is 0.796. The van der Waals surface area contributed by atoms with E-state index in [4.69, 9.17) is 4.74 Å². The fourth-order valence-corrected chi connectivity index (χ4v) is 2.02. The molecular formula is C15H25NO. The van der Waals surface area contributed by atoms with E-state index in [-0.39, 0.29) is 0 Å². The van der Waals surface area contributed by atoms with Gasteiger partial charge in [-0.15, -0.1) is 0 Å². The first-order chi connectivity index (χ1) is 8.28. The Labute approximate surface area is 106 Å². The summed E-state index contributed by atoms with van der Waals surface area (Å²) >= 11 is 0. The molecule has 0 saturated carbocycles. The molecule has 0 spiro atoms. The molecule has 1 aromatic rings. The number of likely N-dealkylation sites (N-methyl/N-ethyl adjacent to an activating group) is 1. The first kappa shape index (κ1) is 14.0. The Kier molecular flexibility index (Phi) is 6.06. The van der Waals surface area contributed by atoms with E-state index in [9.17, 15) is 0 Å².